The summed E-state index contributed by atoms with van der Waals surface area (Å²) in [5.74, 6) is -1.96. The number of phenolic OH excluding ortho intramolecular Hbond substituents is 1. The first-order chi connectivity index (χ1) is 13.9. The van der Waals surface area contributed by atoms with Gasteiger partial charge in [0.1, 0.15) is 12.0 Å². The van der Waals surface area contributed by atoms with E-state index in [1.54, 1.807) is 52.3 Å². The zero-order valence-corrected chi connectivity index (χ0v) is 15.9. The van der Waals surface area contributed by atoms with Crippen LogP contribution in [0.5, 0.6) is 5.75 Å². The van der Waals surface area contributed by atoms with Gasteiger partial charge < -0.3 is 15.3 Å². The van der Waals surface area contributed by atoms with Gasteiger partial charge in [-0.3, -0.25) is 24.2 Å². The molecule has 0 spiro atoms. The van der Waals surface area contributed by atoms with Gasteiger partial charge >= 0.3 is 11.9 Å². The minimum absolute atomic E-state index is 0.0743. The molecule has 8 nitrogen and oxygen atoms in total. The van der Waals surface area contributed by atoms with Crippen LogP contribution in [0.25, 0.3) is 0 Å². The van der Waals surface area contributed by atoms with Crippen LogP contribution in [0.3, 0.4) is 0 Å². The van der Waals surface area contributed by atoms with Gasteiger partial charge in [-0.15, -0.1) is 0 Å². The lowest BCUT2D eigenvalue weighted by Crippen LogP contribution is -2.39. The molecule has 0 saturated heterocycles. The molecule has 0 aromatic heterocycles. The summed E-state index contributed by atoms with van der Waals surface area (Å²) in [6.45, 7) is 0.520. The normalized spacial score (nSPS) is 11.0. The van der Waals surface area contributed by atoms with Gasteiger partial charge in [-0.1, -0.05) is 42.5 Å². The van der Waals surface area contributed by atoms with Crippen molar-refractivity contribution in [2.24, 2.45) is 0 Å². The van der Waals surface area contributed by atoms with E-state index in [-0.39, 0.29) is 45.0 Å². The molecule has 0 saturated carbocycles. The molecule has 0 aliphatic carbocycles. The topological polar surface area (TPSA) is 118 Å². The fourth-order valence-corrected chi connectivity index (χ4v) is 3.01. The number of carboxylic acids is 2. The van der Waals surface area contributed by atoms with Gasteiger partial charge in [-0.05, 0) is 11.6 Å². The Morgan fingerprint density at radius 1 is 0.793 bits per heavy atom. The Hall–Kier alpha value is -3.23. The van der Waals surface area contributed by atoms with Crippen molar-refractivity contribution in [2.45, 2.75) is 13.1 Å². The number of aliphatic carboxylic acids is 2. The lowest BCUT2D eigenvalue weighted by atomic mass is 10.1. The van der Waals surface area contributed by atoms with Crippen molar-refractivity contribution in [3.05, 3.63) is 65.2 Å². The Morgan fingerprint density at radius 3 is 1.79 bits per heavy atom. The number of nitrogens with zero attached hydrogens (tertiary/aromatic N) is 2. The minimum Gasteiger partial charge on any atom is -0.508 e. The number of aldehydes is 1. The summed E-state index contributed by atoms with van der Waals surface area (Å²) in [7, 11) is 0. The number of carbonyl (C=O) groups is 3. The van der Waals surface area contributed by atoms with Crippen LogP contribution in [0.15, 0.2) is 48.5 Å². The van der Waals surface area contributed by atoms with E-state index in [1.165, 1.54) is 6.07 Å². The molecule has 8 heteroatoms. The van der Waals surface area contributed by atoms with E-state index in [0.717, 1.165) is 6.29 Å². The largest absolute Gasteiger partial charge is 0.508 e. The SMILES string of the molecule is O=Cc1ccccc1CN(CCN(CC(=O)O)Cc1ccccc1O)CC(=O)O. The highest BCUT2D eigenvalue weighted by atomic mass is 16.4. The molecule has 3 N–H and O–H groups in total. The van der Waals surface area contributed by atoms with Crippen LogP contribution in [-0.2, 0) is 22.7 Å². The van der Waals surface area contributed by atoms with E-state index in [0.29, 0.717) is 16.7 Å². The summed E-state index contributed by atoms with van der Waals surface area (Å²) in [5, 5.41) is 28.4. The van der Waals surface area contributed by atoms with Gasteiger partial charge in [0.15, 0.2) is 0 Å². The Morgan fingerprint density at radius 2 is 1.28 bits per heavy atom. The van der Waals surface area contributed by atoms with Crippen molar-refractivity contribution >= 4 is 18.2 Å². The summed E-state index contributed by atoms with van der Waals surface area (Å²) in [5.41, 5.74) is 1.78. The molecule has 29 heavy (non-hydrogen) atoms. The Bertz CT molecular complexity index is 855. The van der Waals surface area contributed by atoms with E-state index >= 15 is 0 Å². The van der Waals surface area contributed by atoms with Crippen molar-refractivity contribution in [2.75, 3.05) is 26.2 Å². The molecule has 0 aliphatic heterocycles. The highest BCUT2D eigenvalue weighted by molar-refractivity contribution is 5.77. The second-order valence-electron chi connectivity index (χ2n) is 6.65. The smallest absolute Gasteiger partial charge is 0.317 e. The third kappa shape index (κ3) is 7.36. The number of hydrogen-bond donors (Lipinski definition) is 3. The van der Waals surface area contributed by atoms with Crippen LogP contribution in [0, 0.1) is 0 Å². The van der Waals surface area contributed by atoms with Crippen LogP contribution in [-0.4, -0.2) is 69.5 Å². The Labute approximate surface area is 168 Å². The van der Waals surface area contributed by atoms with Crippen molar-refractivity contribution in [1.29, 1.82) is 0 Å². The van der Waals surface area contributed by atoms with E-state index in [9.17, 15) is 29.7 Å². The van der Waals surface area contributed by atoms with Crippen LogP contribution in [0.1, 0.15) is 21.5 Å². The maximum Gasteiger partial charge on any atom is 0.317 e. The standard InChI is InChI=1S/C21H24N2O6/c24-15-18-7-2-1-5-16(18)11-22(13-20(26)27)9-10-23(14-21(28)29)12-17-6-3-4-8-19(17)25/h1-8,15,25H,9-14H2,(H,26,27)(H,28,29). The van der Waals surface area contributed by atoms with Gasteiger partial charge in [-0.2, -0.15) is 0 Å². The van der Waals surface area contributed by atoms with Crippen molar-refractivity contribution in [3.8, 4) is 5.75 Å². The predicted molar refractivity (Wildman–Crippen MR) is 106 cm³/mol. The maximum absolute atomic E-state index is 11.3. The van der Waals surface area contributed by atoms with Gasteiger partial charge in [0, 0.05) is 37.3 Å². The van der Waals surface area contributed by atoms with Crippen LogP contribution < -0.4 is 0 Å². The molecule has 2 aromatic rings. The molecule has 0 amide bonds. The van der Waals surface area contributed by atoms with E-state index in [2.05, 4.69) is 0 Å². The summed E-state index contributed by atoms with van der Waals surface area (Å²) >= 11 is 0. The number of rotatable bonds is 12. The number of benzene rings is 2. The maximum atomic E-state index is 11.3. The van der Waals surface area contributed by atoms with Crippen LogP contribution >= 0.6 is 0 Å². The number of carboxylic acid groups (broad SMARTS) is 2. The third-order valence-corrected chi connectivity index (χ3v) is 4.41. The molecule has 0 aliphatic rings. The van der Waals surface area contributed by atoms with Crippen molar-refractivity contribution in [3.63, 3.8) is 0 Å². The monoisotopic (exact) mass is 400 g/mol. The Kier molecular flexibility index (Phi) is 8.32. The number of aromatic hydroxyl groups is 1. The van der Waals surface area contributed by atoms with Crippen LogP contribution in [0.4, 0.5) is 0 Å². The third-order valence-electron chi connectivity index (χ3n) is 4.41. The number of carbonyl (C=O) groups excluding carboxylic acids is 1. The molecule has 0 heterocycles. The van der Waals surface area contributed by atoms with Gasteiger partial charge in [0.05, 0.1) is 13.1 Å². The summed E-state index contributed by atoms with van der Waals surface area (Å²) in [6, 6.07) is 13.6. The fourth-order valence-electron chi connectivity index (χ4n) is 3.01. The predicted octanol–water partition coefficient (Wildman–Crippen LogP) is 1.68. The van der Waals surface area contributed by atoms with Gasteiger partial charge in [0.25, 0.3) is 0 Å². The summed E-state index contributed by atoms with van der Waals surface area (Å²) < 4.78 is 0. The summed E-state index contributed by atoms with van der Waals surface area (Å²) in [4.78, 5) is 37.0. The van der Waals surface area contributed by atoms with Crippen LogP contribution in [0.2, 0.25) is 0 Å². The second kappa shape index (κ2) is 10.9. The quantitative estimate of drug-likeness (QED) is 0.461. The first-order valence-corrected chi connectivity index (χ1v) is 9.07. The number of phenols is 1. The van der Waals surface area contributed by atoms with Crippen molar-refractivity contribution in [1.82, 2.24) is 9.80 Å². The first-order valence-electron chi connectivity index (χ1n) is 9.07. The molecule has 0 bridgehead atoms. The minimum atomic E-state index is -1.02. The zero-order chi connectivity index (χ0) is 21.2. The molecule has 2 aromatic carbocycles. The van der Waals surface area contributed by atoms with E-state index in [1.807, 2.05) is 0 Å². The lowest BCUT2D eigenvalue weighted by Gasteiger charge is -2.26. The zero-order valence-electron chi connectivity index (χ0n) is 15.9. The first kappa shape index (κ1) is 22.1. The molecule has 0 radical (unpaired) electrons. The molecule has 154 valence electrons. The highest BCUT2D eigenvalue weighted by Gasteiger charge is 2.17. The van der Waals surface area contributed by atoms with Crippen molar-refractivity contribution < 1.29 is 29.7 Å². The fraction of sp³-hybridized carbons (Fsp3) is 0.286. The molecule has 0 atom stereocenters. The molecular weight excluding hydrogens is 376 g/mol. The number of para-hydroxylation sites is 1. The molecule has 0 unspecified atom stereocenters. The van der Waals surface area contributed by atoms with E-state index < -0.39 is 11.9 Å². The molecule has 2 rings (SSSR count). The molecule has 0 fully saturated rings. The highest BCUT2D eigenvalue weighted by Crippen LogP contribution is 2.18. The average Bonchev–Trinajstić information content (AvgIpc) is 2.67. The summed E-state index contributed by atoms with van der Waals surface area (Å²) in [6.07, 6.45) is 0.725. The van der Waals surface area contributed by atoms with E-state index in [4.69, 9.17) is 0 Å². The second-order valence-corrected chi connectivity index (χ2v) is 6.65. The van der Waals surface area contributed by atoms with Gasteiger partial charge in [-0.25, -0.2) is 0 Å². The average molecular weight is 400 g/mol. The Balaban J connectivity index is 2.10. The van der Waals surface area contributed by atoms with Gasteiger partial charge in [0.2, 0.25) is 0 Å². The number of hydrogen-bond acceptors (Lipinski definition) is 6. The lowest BCUT2D eigenvalue weighted by molar-refractivity contribution is -0.140. The molecular formula is C21H24N2O6.